The Morgan fingerprint density at radius 2 is 1.89 bits per heavy atom. The zero-order valence-electron chi connectivity index (χ0n) is 16.1. The van der Waals surface area contributed by atoms with Crippen LogP contribution in [0.15, 0.2) is 54.7 Å². The Labute approximate surface area is 163 Å². The number of tetrazole rings is 1. The van der Waals surface area contributed by atoms with Crippen LogP contribution >= 0.6 is 0 Å². The molecular formula is C21H22N6O. The third-order valence-electron chi connectivity index (χ3n) is 4.62. The van der Waals surface area contributed by atoms with E-state index in [9.17, 15) is 4.79 Å². The number of amides is 1. The molecule has 0 aliphatic rings. The second-order valence-electron chi connectivity index (χ2n) is 7.24. The number of fused-ring (bicyclic) bond motifs is 1. The van der Waals surface area contributed by atoms with Gasteiger partial charge < -0.3 is 9.88 Å². The molecule has 7 nitrogen and oxygen atoms in total. The number of nitrogens with zero attached hydrogens (tertiary/aromatic N) is 5. The van der Waals surface area contributed by atoms with E-state index in [1.807, 2.05) is 31.2 Å². The molecule has 2 aromatic carbocycles. The van der Waals surface area contributed by atoms with Crippen LogP contribution in [0, 0.1) is 12.8 Å². The fraction of sp³-hybridized carbons (Fsp3) is 0.238. The number of carbonyl (C=O) groups excluding carboxylic acids is 1. The largest absolute Gasteiger partial charge is 0.347 e. The number of anilines is 1. The van der Waals surface area contributed by atoms with Crippen molar-refractivity contribution in [3.8, 4) is 5.69 Å². The summed E-state index contributed by atoms with van der Waals surface area (Å²) in [4.78, 5) is 12.7. The molecule has 0 saturated heterocycles. The van der Waals surface area contributed by atoms with Crippen molar-refractivity contribution < 1.29 is 4.79 Å². The molecule has 0 aliphatic heterocycles. The molecular weight excluding hydrogens is 352 g/mol. The van der Waals surface area contributed by atoms with Crippen LogP contribution in [0.2, 0.25) is 0 Å². The topological polar surface area (TPSA) is 77.6 Å². The second kappa shape index (κ2) is 7.26. The summed E-state index contributed by atoms with van der Waals surface area (Å²) >= 11 is 0. The number of nitrogens with one attached hydrogen (secondary N) is 1. The van der Waals surface area contributed by atoms with E-state index in [1.54, 1.807) is 16.8 Å². The molecule has 0 bridgehead atoms. The average molecular weight is 374 g/mol. The standard InChI is InChI=1S/C21H22N6O/c1-14(2)13-26-12-11-18-19(5-4-6-20(18)26)22-21(28)16-7-9-17(10-8-16)27-15(3)23-24-25-27/h4-12,14H,13H2,1-3H3,(H,22,28). The summed E-state index contributed by atoms with van der Waals surface area (Å²) in [6.07, 6.45) is 2.07. The number of aryl methyl sites for hydroxylation is 1. The van der Waals surface area contributed by atoms with Gasteiger partial charge in [-0.1, -0.05) is 19.9 Å². The van der Waals surface area contributed by atoms with E-state index < -0.39 is 0 Å². The first-order valence-corrected chi connectivity index (χ1v) is 9.27. The first kappa shape index (κ1) is 17.9. The molecule has 142 valence electrons. The lowest BCUT2D eigenvalue weighted by molar-refractivity contribution is 0.102. The summed E-state index contributed by atoms with van der Waals surface area (Å²) in [5, 5.41) is 15.5. The number of aromatic nitrogens is 5. The number of rotatable bonds is 5. The van der Waals surface area contributed by atoms with Crippen molar-refractivity contribution >= 4 is 22.5 Å². The lowest BCUT2D eigenvalue weighted by Crippen LogP contribution is -2.12. The Morgan fingerprint density at radius 3 is 2.57 bits per heavy atom. The molecule has 0 fully saturated rings. The zero-order valence-corrected chi connectivity index (χ0v) is 16.1. The van der Waals surface area contributed by atoms with E-state index in [1.165, 1.54) is 0 Å². The molecule has 4 aromatic rings. The molecule has 0 unspecified atom stereocenters. The summed E-state index contributed by atoms with van der Waals surface area (Å²) in [5.41, 5.74) is 3.32. The molecule has 7 heteroatoms. The Kier molecular flexibility index (Phi) is 4.65. The SMILES string of the molecule is Cc1nnnn1-c1ccc(C(=O)Nc2cccc3c2ccn3CC(C)C)cc1. The minimum Gasteiger partial charge on any atom is -0.347 e. The van der Waals surface area contributed by atoms with Crippen LogP contribution in [0.1, 0.15) is 30.0 Å². The minimum absolute atomic E-state index is 0.149. The predicted molar refractivity (Wildman–Crippen MR) is 109 cm³/mol. The fourth-order valence-electron chi connectivity index (χ4n) is 3.30. The molecule has 0 spiro atoms. The van der Waals surface area contributed by atoms with Crippen LogP contribution in [0.3, 0.4) is 0 Å². The van der Waals surface area contributed by atoms with E-state index >= 15 is 0 Å². The van der Waals surface area contributed by atoms with Crippen molar-refractivity contribution in [1.82, 2.24) is 24.8 Å². The van der Waals surface area contributed by atoms with Gasteiger partial charge in [-0.2, -0.15) is 4.68 Å². The van der Waals surface area contributed by atoms with Gasteiger partial charge in [-0.05, 0) is 65.7 Å². The van der Waals surface area contributed by atoms with Crippen molar-refractivity contribution in [2.75, 3.05) is 5.32 Å². The van der Waals surface area contributed by atoms with Crippen molar-refractivity contribution in [1.29, 1.82) is 0 Å². The lowest BCUT2D eigenvalue weighted by atomic mass is 10.1. The highest BCUT2D eigenvalue weighted by atomic mass is 16.1. The van der Waals surface area contributed by atoms with Crippen LogP contribution in [0.5, 0.6) is 0 Å². The van der Waals surface area contributed by atoms with E-state index in [0.717, 1.165) is 28.8 Å². The Morgan fingerprint density at radius 1 is 1.11 bits per heavy atom. The molecule has 0 atom stereocenters. The van der Waals surface area contributed by atoms with Gasteiger partial charge in [0.05, 0.1) is 16.9 Å². The van der Waals surface area contributed by atoms with E-state index in [4.69, 9.17) is 0 Å². The van der Waals surface area contributed by atoms with E-state index in [2.05, 4.69) is 57.6 Å². The van der Waals surface area contributed by atoms with Crippen molar-refractivity contribution in [3.63, 3.8) is 0 Å². The molecule has 2 heterocycles. The van der Waals surface area contributed by atoms with Gasteiger partial charge in [-0.25, -0.2) is 0 Å². The normalized spacial score (nSPS) is 11.3. The van der Waals surface area contributed by atoms with Crippen molar-refractivity contribution in [3.05, 3.63) is 66.1 Å². The molecule has 0 saturated carbocycles. The van der Waals surface area contributed by atoms with Gasteiger partial charge in [0.2, 0.25) is 0 Å². The molecule has 0 radical (unpaired) electrons. The molecule has 1 N–H and O–H groups in total. The summed E-state index contributed by atoms with van der Waals surface area (Å²) in [6.45, 7) is 7.15. The predicted octanol–water partition coefficient (Wildman–Crippen LogP) is 3.83. The highest BCUT2D eigenvalue weighted by molar-refractivity contribution is 6.08. The van der Waals surface area contributed by atoms with Gasteiger partial charge in [-0.15, -0.1) is 5.10 Å². The first-order valence-electron chi connectivity index (χ1n) is 9.27. The maximum Gasteiger partial charge on any atom is 0.255 e. The van der Waals surface area contributed by atoms with Crippen LogP contribution in [0.4, 0.5) is 5.69 Å². The van der Waals surface area contributed by atoms with Gasteiger partial charge in [0.1, 0.15) is 0 Å². The van der Waals surface area contributed by atoms with Crippen molar-refractivity contribution in [2.45, 2.75) is 27.3 Å². The van der Waals surface area contributed by atoms with Gasteiger partial charge in [0.25, 0.3) is 5.91 Å². The summed E-state index contributed by atoms with van der Waals surface area (Å²) in [5.74, 6) is 1.09. The highest BCUT2D eigenvalue weighted by Crippen LogP contribution is 2.26. The number of hydrogen-bond donors (Lipinski definition) is 1. The zero-order chi connectivity index (χ0) is 19.7. The number of hydrogen-bond acceptors (Lipinski definition) is 4. The second-order valence-corrected chi connectivity index (χ2v) is 7.24. The van der Waals surface area contributed by atoms with Crippen LogP contribution in [-0.2, 0) is 6.54 Å². The minimum atomic E-state index is -0.149. The summed E-state index contributed by atoms with van der Waals surface area (Å²) in [6, 6.07) is 15.2. The van der Waals surface area contributed by atoms with Crippen LogP contribution < -0.4 is 5.32 Å². The Bertz CT molecular complexity index is 1120. The molecule has 1 amide bonds. The lowest BCUT2D eigenvalue weighted by Gasteiger charge is -2.10. The quantitative estimate of drug-likeness (QED) is 0.576. The van der Waals surface area contributed by atoms with Gasteiger partial charge >= 0.3 is 0 Å². The number of benzene rings is 2. The van der Waals surface area contributed by atoms with Gasteiger partial charge in [-0.3, -0.25) is 4.79 Å². The maximum atomic E-state index is 12.7. The van der Waals surface area contributed by atoms with Crippen molar-refractivity contribution in [2.24, 2.45) is 5.92 Å². The molecule has 28 heavy (non-hydrogen) atoms. The molecule has 4 rings (SSSR count). The van der Waals surface area contributed by atoms with Gasteiger partial charge in [0.15, 0.2) is 5.82 Å². The maximum absolute atomic E-state index is 12.7. The summed E-state index contributed by atoms with van der Waals surface area (Å²) < 4.78 is 3.85. The third kappa shape index (κ3) is 3.38. The highest BCUT2D eigenvalue weighted by Gasteiger charge is 2.12. The molecule has 2 aromatic heterocycles. The van der Waals surface area contributed by atoms with E-state index in [-0.39, 0.29) is 5.91 Å². The first-order chi connectivity index (χ1) is 13.5. The monoisotopic (exact) mass is 374 g/mol. The Balaban J connectivity index is 1.57. The third-order valence-corrected chi connectivity index (χ3v) is 4.62. The van der Waals surface area contributed by atoms with Gasteiger partial charge in [0, 0.05) is 23.7 Å². The number of carbonyl (C=O) groups is 1. The average Bonchev–Trinajstić information content (AvgIpc) is 3.28. The van der Waals surface area contributed by atoms with E-state index in [0.29, 0.717) is 17.3 Å². The Hall–Kier alpha value is -3.48. The fourth-order valence-corrected chi connectivity index (χ4v) is 3.30. The summed E-state index contributed by atoms with van der Waals surface area (Å²) in [7, 11) is 0. The van der Waals surface area contributed by atoms with Crippen LogP contribution in [0.25, 0.3) is 16.6 Å². The molecule has 0 aliphatic carbocycles. The van der Waals surface area contributed by atoms with Crippen LogP contribution in [-0.4, -0.2) is 30.7 Å². The smallest absolute Gasteiger partial charge is 0.255 e.